The molecule has 4 aromatic carbocycles. The van der Waals surface area contributed by atoms with E-state index in [0.29, 0.717) is 47.9 Å². The molecule has 5 N–H and O–H groups in total. The second-order valence-corrected chi connectivity index (χ2v) is 14.4. The van der Waals surface area contributed by atoms with Crippen LogP contribution in [-0.4, -0.2) is 74.0 Å². The Labute approximate surface area is 291 Å². The van der Waals surface area contributed by atoms with Crippen LogP contribution in [0.1, 0.15) is 35.3 Å². The highest BCUT2D eigenvalue weighted by Crippen LogP contribution is 2.30. The number of carbonyl (C=O) groups excluding carboxylic acids is 2. The second-order valence-electron chi connectivity index (χ2n) is 12.7. The Morgan fingerprint density at radius 3 is 2.46 bits per heavy atom. The summed E-state index contributed by atoms with van der Waals surface area (Å²) in [6.45, 7) is 4.91. The highest BCUT2D eigenvalue weighted by molar-refractivity contribution is 7.92. The Kier molecular flexibility index (Phi) is 11.4. The Balaban J connectivity index is 1.33. The van der Waals surface area contributed by atoms with Gasteiger partial charge in [0.2, 0.25) is 5.91 Å². The number of sulfonamides is 1. The van der Waals surface area contributed by atoms with Crippen LogP contribution in [-0.2, 0) is 27.8 Å². The van der Waals surface area contributed by atoms with Crippen LogP contribution in [0.4, 0.5) is 21.5 Å². The van der Waals surface area contributed by atoms with Crippen molar-refractivity contribution in [3.8, 4) is 5.75 Å². The Hall–Kier alpha value is -4.98. The molecule has 0 spiro atoms. The van der Waals surface area contributed by atoms with Gasteiger partial charge in [0.1, 0.15) is 17.7 Å². The summed E-state index contributed by atoms with van der Waals surface area (Å²) in [5.41, 5.74) is 9.15. The summed E-state index contributed by atoms with van der Waals surface area (Å²) in [5, 5.41) is 12.8. The van der Waals surface area contributed by atoms with E-state index in [4.69, 9.17) is 10.5 Å². The van der Waals surface area contributed by atoms with Gasteiger partial charge in [0.05, 0.1) is 35.3 Å². The largest absolute Gasteiger partial charge is 0.488 e. The summed E-state index contributed by atoms with van der Waals surface area (Å²) in [4.78, 5) is 30.0. The minimum Gasteiger partial charge on any atom is -0.488 e. The monoisotopic (exact) mass is 703 g/mol. The number of nitrogens with one attached hydrogen (secondary N) is 2. The predicted molar refractivity (Wildman–Crippen MR) is 191 cm³/mol. The van der Waals surface area contributed by atoms with Crippen molar-refractivity contribution in [1.82, 2.24) is 9.80 Å². The zero-order valence-electron chi connectivity index (χ0n) is 28.2. The molecule has 3 atom stereocenters. The first-order valence-corrected chi connectivity index (χ1v) is 17.7. The molecule has 0 radical (unpaired) electrons. The number of fused-ring (bicyclic) bond motifs is 1. The summed E-state index contributed by atoms with van der Waals surface area (Å²) in [7, 11) is -2.08. The molecule has 264 valence electrons. The molecule has 0 aliphatic carbocycles. The number of ether oxygens (including phenoxy) is 1. The molecule has 0 bridgehead atoms. The van der Waals surface area contributed by atoms with Gasteiger partial charge in [-0.3, -0.25) is 19.2 Å². The quantitative estimate of drug-likeness (QED) is 0.164. The van der Waals surface area contributed by atoms with Crippen LogP contribution in [0.3, 0.4) is 0 Å². The number of halogens is 1. The van der Waals surface area contributed by atoms with Crippen molar-refractivity contribution >= 4 is 38.9 Å². The van der Waals surface area contributed by atoms with Crippen molar-refractivity contribution in [2.45, 2.75) is 43.9 Å². The Morgan fingerprint density at radius 2 is 1.78 bits per heavy atom. The molecule has 4 aromatic rings. The van der Waals surface area contributed by atoms with Crippen LogP contribution in [0.25, 0.3) is 0 Å². The first kappa shape index (κ1) is 36.3. The van der Waals surface area contributed by atoms with Gasteiger partial charge in [-0.15, -0.1) is 0 Å². The topological polar surface area (TPSA) is 154 Å². The molecule has 5 rings (SSSR count). The molecular formula is C37H42FN5O6S. The number of aliphatic hydroxyl groups excluding tert-OH is 1. The number of nitrogen functional groups attached to an aromatic ring is 1. The van der Waals surface area contributed by atoms with Gasteiger partial charge >= 0.3 is 0 Å². The summed E-state index contributed by atoms with van der Waals surface area (Å²) >= 11 is 0. The normalized spacial score (nSPS) is 17.2. The highest BCUT2D eigenvalue weighted by Gasteiger charge is 2.31. The lowest BCUT2D eigenvalue weighted by molar-refractivity contribution is -0.134. The van der Waals surface area contributed by atoms with Crippen LogP contribution in [0.2, 0.25) is 0 Å². The van der Waals surface area contributed by atoms with Crippen molar-refractivity contribution in [2.75, 3.05) is 42.5 Å². The predicted octanol–water partition coefficient (Wildman–Crippen LogP) is 4.74. The van der Waals surface area contributed by atoms with E-state index in [0.717, 1.165) is 17.7 Å². The van der Waals surface area contributed by atoms with Crippen LogP contribution in [0.5, 0.6) is 5.75 Å². The van der Waals surface area contributed by atoms with E-state index in [9.17, 15) is 27.5 Å². The molecule has 11 nitrogen and oxygen atoms in total. The third-order valence-electron chi connectivity index (χ3n) is 8.66. The number of likely N-dealkylation sites (N-methyl/N-ethyl adjacent to an activating group) is 1. The number of anilines is 3. The molecule has 0 saturated carbocycles. The number of benzene rings is 4. The summed E-state index contributed by atoms with van der Waals surface area (Å²) in [6, 6.07) is 23.2. The van der Waals surface area contributed by atoms with Crippen molar-refractivity contribution in [2.24, 2.45) is 5.92 Å². The molecule has 0 aromatic heterocycles. The zero-order valence-corrected chi connectivity index (χ0v) is 29.0. The maximum Gasteiger partial charge on any atom is 0.261 e. The fraction of sp³-hybridized carbons (Fsp3) is 0.297. The number of aliphatic hydroxyl groups is 1. The van der Waals surface area contributed by atoms with E-state index < -0.39 is 21.9 Å². The minimum atomic E-state index is -4.03. The van der Waals surface area contributed by atoms with Crippen LogP contribution >= 0.6 is 0 Å². The maximum absolute atomic E-state index is 13.6. The molecule has 0 unspecified atom stereocenters. The van der Waals surface area contributed by atoms with Crippen molar-refractivity contribution in [3.63, 3.8) is 0 Å². The van der Waals surface area contributed by atoms with E-state index in [-0.39, 0.29) is 47.4 Å². The van der Waals surface area contributed by atoms with Gasteiger partial charge in [-0.2, -0.15) is 0 Å². The van der Waals surface area contributed by atoms with Crippen molar-refractivity contribution < 1.29 is 32.2 Å². The van der Waals surface area contributed by atoms with Gasteiger partial charge in [-0.05, 0) is 86.3 Å². The lowest BCUT2D eigenvalue weighted by Gasteiger charge is -2.34. The zero-order chi connectivity index (χ0) is 36.0. The molecular weight excluding hydrogens is 662 g/mol. The average Bonchev–Trinajstić information content (AvgIpc) is 3.12. The first-order valence-electron chi connectivity index (χ1n) is 16.2. The van der Waals surface area contributed by atoms with Crippen molar-refractivity contribution in [1.29, 1.82) is 0 Å². The Morgan fingerprint density at radius 1 is 1.08 bits per heavy atom. The number of hydrogen-bond acceptors (Lipinski definition) is 8. The number of nitrogens with two attached hydrogens (primary N) is 1. The van der Waals surface area contributed by atoms with Gasteiger partial charge in [-0.1, -0.05) is 31.2 Å². The average molecular weight is 704 g/mol. The number of hydrogen-bond donors (Lipinski definition) is 4. The summed E-state index contributed by atoms with van der Waals surface area (Å²) in [5.74, 6) is -0.747. The molecule has 1 aliphatic rings. The van der Waals surface area contributed by atoms with Crippen molar-refractivity contribution in [3.05, 3.63) is 114 Å². The van der Waals surface area contributed by atoms with Crippen LogP contribution in [0, 0.1) is 11.7 Å². The molecule has 1 heterocycles. The van der Waals surface area contributed by atoms with Crippen LogP contribution in [0.15, 0.2) is 95.9 Å². The molecule has 2 amide bonds. The van der Waals surface area contributed by atoms with E-state index >= 15 is 0 Å². The molecule has 1 aliphatic heterocycles. The fourth-order valence-electron chi connectivity index (χ4n) is 5.79. The third-order valence-corrected chi connectivity index (χ3v) is 10.1. The fourth-order valence-corrected chi connectivity index (χ4v) is 6.84. The Bertz CT molecular complexity index is 1920. The summed E-state index contributed by atoms with van der Waals surface area (Å²) < 4.78 is 48.5. The smallest absolute Gasteiger partial charge is 0.261 e. The third kappa shape index (κ3) is 8.97. The summed E-state index contributed by atoms with van der Waals surface area (Å²) in [6.07, 6.45) is -0.459. The highest BCUT2D eigenvalue weighted by atomic mass is 32.2. The lowest BCUT2D eigenvalue weighted by atomic mass is 10.0. The molecule has 50 heavy (non-hydrogen) atoms. The molecule has 13 heteroatoms. The maximum atomic E-state index is 13.6. The molecule has 0 fully saturated rings. The van der Waals surface area contributed by atoms with E-state index in [1.807, 2.05) is 26.1 Å². The SMILES string of the molecule is C[C@@H]1CN([C@H](C)CO)C(=O)Cc2cc(NS(=O)(=O)c3ccc(F)cc3)ccc2O[C@@H]1CN(C)Cc1ccc(C(=O)Nc2ccccc2N)cc1. The second kappa shape index (κ2) is 15.7. The van der Waals surface area contributed by atoms with Gasteiger partial charge in [0, 0.05) is 42.4 Å². The van der Waals surface area contributed by atoms with Gasteiger partial charge in [0.25, 0.3) is 15.9 Å². The van der Waals surface area contributed by atoms with Crippen LogP contribution < -0.4 is 20.5 Å². The van der Waals surface area contributed by atoms with Gasteiger partial charge < -0.3 is 25.8 Å². The standard InChI is InChI=1S/C37H42FN5O6S/c1-24-20-43(25(2)23-44)36(45)19-28-18-30(41-50(47,48)31-15-12-29(38)13-16-31)14-17-34(28)49-35(24)22-42(3)21-26-8-10-27(11-9-26)37(46)40-33-7-5-4-6-32(33)39/h4-18,24-25,35,41,44H,19-23,39H2,1-3H3,(H,40,46)/t24-,25-,35-/m1/s1. The van der Waals surface area contributed by atoms with E-state index in [1.54, 1.807) is 66.4 Å². The number of carbonyl (C=O) groups is 2. The number of rotatable bonds is 11. The number of para-hydroxylation sites is 2. The number of nitrogens with zero attached hydrogens (tertiary/aromatic N) is 2. The van der Waals surface area contributed by atoms with Gasteiger partial charge in [-0.25, -0.2) is 12.8 Å². The van der Waals surface area contributed by atoms with E-state index in [2.05, 4.69) is 14.9 Å². The minimum absolute atomic E-state index is 0.0716. The molecule has 0 saturated heterocycles. The first-order chi connectivity index (χ1) is 23.8. The lowest BCUT2D eigenvalue weighted by Crippen LogP contribution is -2.47. The van der Waals surface area contributed by atoms with Gasteiger partial charge in [0.15, 0.2) is 0 Å². The number of amides is 2. The van der Waals surface area contributed by atoms with E-state index in [1.165, 1.54) is 12.1 Å².